The van der Waals surface area contributed by atoms with E-state index in [4.69, 9.17) is 4.74 Å². The maximum Gasteiger partial charge on any atom is 0.338 e. The summed E-state index contributed by atoms with van der Waals surface area (Å²) in [5.41, 5.74) is -6.16. The van der Waals surface area contributed by atoms with Crippen LogP contribution in [0.3, 0.4) is 0 Å². The fourth-order valence-electron chi connectivity index (χ4n) is 6.43. The molecule has 0 spiro atoms. The van der Waals surface area contributed by atoms with E-state index in [9.17, 15) is 34.2 Å². The molecule has 2 N–H and O–H groups in total. The molecule has 4 rings (SSSR count). The molecule has 4 aliphatic rings. The zero-order valence-corrected chi connectivity index (χ0v) is 21.5. The Hall–Kier alpha value is -3.13. The van der Waals surface area contributed by atoms with Crippen molar-refractivity contribution in [3.8, 4) is 0 Å². The number of hydrogen-bond acceptors (Lipinski definition) is 8. The molecule has 0 amide bonds. The predicted molar refractivity (Wildman–Crippen MR) is 131 cm³/mol. The number of esters is 1. The Bertz CT molecular complexity index is 1140. The lowest BCUT2D eigenvalue weighted by atomic mass is 9.39. The highest BCUT2D eigenvalue weighted by Gasteiger charge is 2.78. The Kier molecular flexibility index (Phi) is 7.16. The van der Waals surface area contributed by atoms with Crippen LogP contribution in [-0.4, -0.2) is 50.5 Å². The van der Waals surface area contributed by atoms with Gasteiger partial charge in [-0.15, -0.1) is 0 Å². The van der Waals surface area contributed by atoms with Crippen LogP contribution in [0.1, 0.15) is 54.4 Å². The van der Waals surface area contributed by atoms with E-state index < -0.39 is 75.2 Å². The van der Waals surface area contributed by atoms with Crippen LogP contribution in [-0.2, 0) is 28.7 Å². The molecule has 0 saturated heterocycles. The van der Waals surface area contributed by atoms with E-state index in [1.54, 1.807) is 38.2 Å². The fraction of sp³-hybridized carbons (Fsp3) is 0.536. The number of carbonyl (C=O) groups excluding carboxylic acids is 5. The van der Waals surface area contributed by atoms with Gasteiger partial charge in [-0.1, -0.05) is 30.4 Å². The fourth-order valence-corrected chi connectivity index (χ4v) is 6.43. The molecule has 3 aliphatic carbocycles. The van der Waals surface area contributed by atoms with Crippen LogP contribution in [0, 0.1) is 29.1 Å². The second-order valence-electron chi connectivity index (χ2n) is 10.4. The largest absolute Gasteiger partial charge is 0.507 e. The van der Waals surface area contributed by atoms with Gasteiger partial charge in [-0.05, 0) is 54.0 Å². The molecule has 3 fully saturated rings. The lowest BCUT2D eigenvalue weighted by molar-refractivity contribution is -0.221. The molecule has 0 aromatic heterocycles. The number of fused-ring (bicyclic) bond motifs is 3. The SMILES string of the molecule is CC=CC=CC(=O)C1C(=O)C2(C)C(=O)C(C)(O)C1C(C1(C)OC(=O)C(C)=C1O)C2C(=O)CCC=CC. The number of ether oxygens (including phenoxy) is 1. The molecule has 7 atom stereocenters. The van der Waals surface area contributed by atoms with Gasteiger partial charge in [0.25, 0.3) is 0 Å². The van der Waals surface area contributed by atoms with Crippen molar-refractivity contribution in [1.82, 2.24) is 0 Å². The molecular weight excluding hydrogens is 464 g/mol. The Morgan fingerprint density at radius 3 is 2.19 bits per heavy atom. The third-order valence-corrected chi connectivity index (χ3v) is 8.18. The van der Waals surface area contributed by atoms with E-state index in [-0.39, 0.29) is 12.0 Å². The van der Waals surface area contributed by atoms with Crippen molar-refractivity contribution in [2.75, 3.05) is 0 Å². The van der Waals surface area contributed by atoms with E-state index in [0.717, 1.165) is 0 Å². The Labute approximate surface area is 210 Å². The van der Waals surface area contributed by atoms with Gasteiger partial charge in [-0.2, -0.15) is 0 Å². The van der Waals surface area contributed by atoms with Crippen molar-refractivity contribution in [2.45, 2.75) is 65.6 Å². The first-order valence-electron chi connectivity index (χ1n) is 12.1. The highest BCUT2D eigenvalue weighted by molar-refractivity contribution is 6.24. The molecule has 36 heavy (non-hydrogen) atoms. The first kappa shape index (κ1) is 27.5. The van der Waals surface area contributed by atoms with E-state index in [2.05, 4.69) is 0 Å². The molecule has 8 nitrogen and oxygen atoms in total. The van der Waals surface area contributed by atoms with Gasteiger partial charge in [0.1, 0.15) is 17.1 Å². The highest BCUT2D eigenvalue weighted by atomic mass is 16.6. The number of carbonyl (C=O) groups is 5. The maximum absolute atomic E-state index is 13.8. The number of cyclic esters (lactones) is 1. The molecule has 0 aromatic carbocycles. The summed E-state index contributed by atoms with van der Waals surface area (Å²) >= 11 is 0. The summed E-state index contributed by atoms with van der Waals surface area (Å²) < 4.78 is 5.60. The first-order chi connectivity index (χ1) is 16.7. The zero-order chi connectivity index (χ0) is 27.2. The van der Waals surface area contributed by atoms with Crippen LogP contribution in [0.25, 0.3) is 0 Å². The second-order valence-corrected chi connectivity index (χ2v) is 10.4. The Morgan fingerprint density at radius 1 is 1.03 bits per heavy atom. The summed E-state index contributed by atoms with van der Waals surface area (Å²) in [5.74, 6) is -9.33. The average molecular weight is 499 g/mol. The minimum Gasteiger partial charge on any atom is -0.507 e. The topological polar surface area (TPSA) is 135 Å². The Balaban J connectivity index is 2.30. The summed E-state index contributed by atoms with van der Waals surface area (Å²) in [4.78, 5) is 67.0. The van der Waals surface area contributed by atoms with Gasteiger partial charge in [-0.25, -0.2) is 4.79 Å². The van der Waals surface area contributed by atoms with Gasteiger partial charge in [0.05, 0.1) is 16.9 Å². The van der Waals surface area contributed by atoms with Gasteiger partial charge in [0.15, 0.2) is 23.0 Å². The van der Waals surface area contributed by atoms with E-state index >= 15 is 0 Å². The normalized spacial score (nSPS) is 38.7. The predicted octanol–water partition coefficient (Wildman–Crippen LogP) is 3.15. The van der Waals surface area contributed by atoms with Crippen molar-refractivity contribution in [3.63, 3.8) is 0 Å². The lowest BCUT2D eigenvalue weighted by Crippen LogP contribution is -2.77. The number of aliphatic hydroxyl groups excluding tert-OH is 1. The van der Waals surface area contributed by atoms with Crippen LogP contribution >= 0.6 is 0 Å². The van der Waals surface area contributed by atoms with Gasteiger partial charge in [0, 0.05) is 24.2 Å². The highest BCUT2D eigenvalue weighted by Crippen LogP contribution is 2.64. The van der Waals surface area contributed by atoms with Crippen LogP contribution in [0.15, 0.2) is 47.8 Å². The molecule has 7 unspecified atom stereocenters. The van der Waals surface area contributed by atoms with Gasteiger partial charge < -0.3 is 14.9 Å². The van der Waals surface area contributed by atoms with Crippen LogP contribution in [0.5, 0.6) is 0 Å². The average Bonchev–Trinajstić information content (AvgIpc) is 3.01. The molecule has 0 aromatic rings. The number of rotatable bonds is 8. The standard InChI is InChI=1S/C28H34O8/c1-7-9-11-13-16(29)18-20-21(28(6)22(31)15(3)24(33)36-28)19(17(30)14-12-10-8-2)26(4,23(18)32)25(34)27(20,5)35/h7-11,13,18-21,31,35H,12,14H2,1-6H3. The molecule has 1 heterocycles. The maximum atomic E-state index is 13.8. The molecule has 2 bridgehead atoms. The third-order valence-electron chi connectivity index (χ3n) is 8.18. The smallest absolute Gasteiger partial charge is 0.338 e. The van der Waals surface area contributed by atoms with E-state index in [1.165, 1.54) is 39.8 Å². The van der Waals surface area contributed by atoms with Gasteiger partial charge in [0.2, 0.25) is 0 Å². The number of ketones is 4. The molecule has 0 radical (unpaired) electrons. The molecule has 1 aliphatic heterocycles. The van der Waals surface area contributed by atoms with E-state index in [1.807, 2.05) is 0 Å². The van der Waals surface area contributed by atoms with Crippen molar-refractivity contribution >= 4 is 29.1 Å². The van der Waals surface area contributed by atoms with Gasteiger partial charge in [-0.3, -0.25) is 19.2 Å². The van der Waals surface area contributed by atoms with Crippen LogP contribution < -0.4 is 0 Å². The molecule has 194 valence electrons. The number of hydrogen-bond donors (Lipinski definition) is 2. The summed E-state index contributed by atoms with van der Waals surface area (Å²) in [5, 5.41) is 22.5. The Morgan fingerprint density at radius 2 is 1.67 bits per heavy atom. The number of aliphatic hydroxyl groups is 2. The quantitative estimate of drug-likeness (QED) is 0.171. The minimum atomic E-state index is -2.20. The zero-order valence-electron chi connectivity index (χ0n) is 21.5. The molecule has 3 saturated carbocycles. The third kappa shape index (κ3) is 3.74. The van der Waals surface area contributed by atoms with Crippen molar-refractivity contribution in [2.24, 2.45) is 29.1 Å². The summed E-state index contributed by atoms with van der Waals surface area (Å²) in [6.07, 6.45) is 9.80. The molecular formula is C28H34O8. The van der Waals surface area contributed by atoms with E-state index in [0.29, 0.717) is 6.42 Å². The van der Waals surface area contributed by atoms with Gasteiger partial charge >= 0.3 is 5.97 Å². The summed E-state index contributed by atoms with van der Waals surface area (Å²) in [6.45, 7) is 8.83. The number of allylic oxidation sites excluding steroid dienone is 6. The molecule has 8 heteroatoms. The number of Topliss-reactive ketones (excluding diaryl/α,β-unsaturated/α-hetero) is 3. The van der Waals surface area contributed by atoms with Crippen molar-refractivity contribution in [1.29, 1.82) is 0 Å². The monoisotopic (exact) mass is 498 g/mol. The van der Waals surface area contributed by atoms with Crippen LogP contribution in [0.2, 0.25) is 0 Å². The van der Waals surface area contributed by atoms with Crippen molar-refractivity contribution in [3.05, 3.63) is 47.8 Å². The van der Waals surface area contributed by atoms with Crippen LogP contribution in [0.4, 0.5) is 0 Å². The van der Waals surface area contributed by atoms with Crippen molar-refractivity contribution < 1.29 is 38.9 Å². The summed E-state index contributed by atoms with van der Waals surface area (Å²) in [7, 11) is 0. The summed E-state index contributed by atoms with van der Waals surface area (Å²) in [6, 6.07) is 0. The first-order valence-corrected chi connectivity index (χ1v) is 12.1. The second kappa shape index (κ2) is 9.39. The minimum absolute atomic E-state index is 0.0101. The lowest BCUT2D eigenvalue weighted by Gasteiger charge is -2.62.